The van der Waals surface area contributed by atoms with Gasteiger partial charge in [-0.25, -0.2) is 4.79 Å². The zero-order valence-corrected chi connectivity index (χ0v) is 14.4. The highest BCUT2D eigenvalue weighted by Crippen LogP contribution is 2.13. The summed E-state index contributed by atoms with van der Waals surface area (Å²) in [6.07, 6.45) is 4.76. The molecule has 0 saturated carbocycles. The summed E-state index contributed by atoms with van der Waals surface area (Å²) in [7, 11) is 0. The molecule has 9 heteroatoms. The fourth-order valence-corrected chi connectivity index (χ4v) is 2.67. The van der Waals surface area contributed by atoms with Gasteiger partial charge in [0.1, 0.15) is 5.69 Å². The zero-order valence-electron chi connectivity index (χ0n) is 13.7. The van der Waals surface area contributed by atoms with Crippen molar-refractivity contribution in [2.75, 3.05) is 5.32 Å². The smallest absolute Gasteiger partial charge is 0.354 e. The maximum atomic E-state index is 12.0. The molecule has 0 atom stereocenters. The van der Waals surface area contributed by atoms with E-state index in [1.165, 1.54) is 16.9 Å². The molecule has 1 aromatic carbocycles. The molecule has 8 nitrogen and oxygen atoms in total. The molecule has 0 spiro atoms. The number of carbonyl (C=O) groups is 2. The van der Waals surface area contributed by atoms with Crippen LogP contribution in [0.3, 0.4) is 0 Å². The van der Waals surface area contributed by atoms with Gasteiger partial charge in [-0.05, 0) is 23.8 Å². The van der Waals surface area contributed by atoms with Gasteiger partial charge in [-0.2, -0.15) is 10.2 Å². The first kappa shape index (κ1) is 17.7. The van der Waals surface area contributed by atoms with E-state index in [1.54, 1.807) is 23.1 Å². The number of nitrogens with one attached hydrogen (secondary N) is 1. The van der Waals surface area contributed by atoms with Crippen molar-refractivity contribution in [3.05, 3.63) is 65.2 Å². The molecule has 3 rings (SSSR count). The molecular weight excluding hydrogens is 358 g/mol. The number of carboxylic acid groups (broad SMARTS) is 1. The monoisotopic (exact) mass is 373 g/mol. The third-order valence-electron chi connectivity index (χ3n) is 3.64. The predicted molar refractivity (Wildman–Crippen MR) is 95.2 cm³/mol. The summed E-state index contributed by atoms with van der Waals surface area (Å²) in [5.41, 5.74) is 1.61. The Morgan fingerprint density at radius 2 is 2.08 bits per heavy atom. The molecule has 0 bridgehead atoms. The maximum Gasteiger partial charge on any atom is 0.354 e. The molecule has 26 heavy (non-hydrogen) atoms. The highest BCUT2D eigenvalue weighted by molar-refractivity contribution is 6.30. The number of amides is 1. The number of nitrogens with zero attached hydrogens (tertiary/aromatic N) is 4. The van der Waals surface area contributed by atoms with Crippen LogP contribution in [0.2, 0.25) is 5.02 Å². The molecule has 1 amide bonds. The number of aryl methyl sites for hydroxylation is 1. The Bertz CT molecular complexity index is 934. The van der Waals surface area contributed by atoms with E-state index in [4.69, 9.17) is 16.7 Å². The van der Waals surface area contributed by atoms with E-state index in [9.17, 15) is 9.59 Å². The van der Waals surface area contributed by atoms with Gasteiger partial charge in [0.2, 0.25) is 5.91 Å². The van der Waals surface area contributed by atoms with Gasteiger partial charge in [0, 0.05) is 23.8 Å². The van der Waals surface area contributed by atoms with Crippen LogP contribution in [0.1, 0.15) is 22.5 Å². The molecule has 0 aliphatic heterocycles. The molecule has 2 aromatic heterocycles. The van der Waals surface area contributed by atoms with E-state index in [2.05, 4.69) is 15.5 Å². The number of aromatic carboxylic acids is 1. The van der Waals surface area contributed by atoms with Crippen molar-refractivity contribution < 1.29 is 14.7 Å². The van der Waals surface area contributed by atoms with E-state index in [0.29, 0.717) is 17.3 Å². The van der Waals surface area contributed by atoms with Crippen LogP contribution >= 0.6 is 11.6 Å². The molecule has 2 heterocycles. The van der Waals surface area contributed by atoms with Crippen molar-refractivity contribution in [2.24, 2.45) is 0 Å². The van der Waals surface area contributed by atoms with Crippen molar-refractivity contribution in [1.29, 1.82) is 0 Å². The van der Waals surface area contributed by atoms with Crippen LogP contribution in [0, 0.1) is 0 Å². The summed E-state index contributed by atoms with van der Waals surface area (Å²) in [6.45, 7) is 0.711. The number of benzene rings is 1. The lowest BCUT2D eigenvalue weighted by Crippen LogP contribution is -2.17. The van der Waals surface area contributed by atoms with Crippen LogP contribution in [-0.4, -0.2) is 36.5 Å². The first-order valence-electron chi connectivity index (χ1n) is 7.83. The van der Waals surface area contributed by atoms with E-state index in [1.807, 2.05) is 18.2 Å². The number of anilines is 1. The summed E-state index contributed by atoms with van der Waals surface area (Å²) in [6, 6.07) is 8.85. The minimum atomic E-state index is -1.08. The minimum Gasteiger partial charge on any atom is -0.477 e. The van der Waals surface area contributed by atoms with Gasteiger partial charge in [0.15, 0.2) is 0 Å². The van der Waals surface area contributed by atoms with Crippen molar-refractivity contribution >= 4 is 29.2 Å². The minimum absolute atomic E-state index is 0.0483. The molecular formula is C17H16ClN5O3. The Morgan fingerprint density at radius 3 is 2.85 bits per heavy atom. The van der Waals surface area contributed by atoms with Crippen LogP contribution in [0.5, 0.6) is 0 Å². The highest BCUT2D eigenvalue weighted by Gasteiger charge is 2.12. The molecule has 2 N–H and O–H groups in total. The van der Waals surface area contributed by atoms with Crippen molar-refractivity contribution in [1.82, 2.24) is 19.6 Å². The lowest BCUT2D eigenvalue weighted by atomic mass is 10.2. The van der Waals surface area contributed by atoms with Gasteiger partial charge in [0.25, 0.3) is 0 Å². The van der Waals surface area contributed by atoms with E-state index in [-0.39, 0.29) is 24.6 Å². The van der Waals surface area contributed by atoms with Crippen LogP contribution in [0.4, 0.5) is 5.69 Å². The van der Waals surface area contributed by atoms with Crippen LogP contribution in [0.25, 0.3) is 0 Å². The largest absolute Gasteiger partial charge is 0.477 e. The summed E-state index contributed by atoms with van der Waals surface area (Å²) in [5, 5.41) is 20.5. The average Bonchev–Trinajstić information content (AvgIpc) is 3.22. The zero-order chi connectivity index (χ0) is 18.5. The lowest BCUT2D eigenvalue weighted by molar-refractivity contribution is -0.116. The second kappa shape index (κ2) is 7.83. The molecule has 0 aliphatic carbocycles. The molecule has 0 saturated heterocycles. The quantitative estimate of drug-likeness (QED) is 0.662. The Labute approximate surface area is 154 Å². The number of rotatable bonds is 7. The first-order chi connectivity index (χ1) is 12.5. The summed E-state index contributed by atoms with van der Waals surface area (Å²) >= 11 is 5.96. The Balaban J connectivity index is 1.54. The van der Waals surface area contributed by atoms with Crippen molar-refractivity contribution in [2.45, 2.75) is 19.5 Å². The lowest BCUT2D eigenvalue weighted by Gasteiger charge is -2.05. The second-order valence-corrected chi connectivity index (χ2v) is 6.04. The predicted octanol–water partition coefficient (Wildman–Crippen LogP) is 2.51. The molecule has 0 unspecified atom stereocenters. The maximum absolute atomic E-state index is 12.0. The SMILES string of the molecule is O=C(CCn1nccc1C(=O)O)Nc1cnn(Cc2cccc(Cl)c2)c1. The van der Waals surface area contributed by atoms with Crippen molar-refractivity contribution in [3.63, 3.8) is 0 Å². The fourth-order valence-electron chi connectivity index (χ4n) is 2.46. The number of carboxylic acids is 1. The third-order valence-corrected chi connectivity index (χ3v) is 3.87. The van der Waals surface area contributed by atoms with Gasteiger partial charge in [-0.1, -0.05) is 23.7 Å². The molecule has 134 valence electrons. The number of halogens is 1. The molecule has 3 aromatic rings. The van der Waals surface area contributed by atoms with Crippen LogP contribution < -0.4 is 5.32 Å². The number of hydrogen-bond acceptors (Lipinski definition) is 4. The Kier molecular flexibility index (Phi) is 5.33. The average molecular weight is 374 g/mol. The van der Waals surface area contributed by atoms with Gasteiger partial charge >= 0.3 is 5.97 Å². The van der Waals surface area contributed by atoms with Gasteiger partial charge in [-0.15, -0.1) is 0 Å². The molecule has 0 aliphatic rings. The van der Waals surface area contributed by atoms with Gasteiger partial charge in [-0.3, -0.25) is 14.2 Å². The summed E-state index contributed by atoms with van der Waals surface area (Å²) in [5.74, 6) is -1.33. The van der Waals surface area contributed by atoms with E-state index < -0.39 is 5.97 Å². The number of hydrogen-bond donors (Lipinski definition) is 2. The Morgan fingerprint density at radius 1 is 1.23 bits per heavy atom. The van der Waals surface area contributed by atoms with Crippen molar-refractivity contribution in [3.8, 4) is 0 Å². The second-order valence-electron chi connectivity index (χ2n) is 5.60. The van der Waals surface area contributed by atoms with Crippen LogP contribution in [-0.2, 0) is 17.9 Å². The topological polar surface area (TPSA) is 102 Å². The van der Waals surface area contributed by atoms with Gasteiger partial charge < -0.3 is 10.4 Å². The highest BCUT2D eigenvalue weighted by atomic mass is 35.5. The number of carbonyl (C=O) groups excluding carboxylic acids is 1. The van der Waals surface area contributed by atoms with E-state index in [0.717, 1.165) is 5.56 Å². The summed E-state index contributed by atoms with van der Waals surface area (Å²) < 4.78 is 2.97. The summed E-state index contributed by atoms with van der Waals surface area (Å²) in [4.78, 5) is 23.1. The normalized spacial score (nSPS) is 10.7. The molecule has 0 radical (unpaired) electrons. The van der Waals surface area contributed by atoms with Gasteiger partial charge in [0.05, 0.1) is 25.0 Å². The fraction of sp³-hybridized carbons (Fsp3) is 0.176. The third kappa shape index (κ3) is 4.48. The number of aromatic nitrogens is 4. The van der Waals surface area contributed by atoms with Crippen LogP contribution in [0.15, 0.2) is 48.9 Å². The first-order valence-corrected chi connectivity index (χ1v) is 8.21. The standard InChI is InChI=1S/C17H16ClN5O3/c18-13-3-1-2-12(8-13)10-22-11-14(9-20-22)21-16(24)5-7-23-15(17(25)26)4-6-19-23/h1-4,6,8-9,11H,5,7,10H2,(H,21,24)(H,25,26). The van der Waals surface area contributed by atoms with E-state index >= 15 is 0 Å². The molecule has 0 fully saturated rings. The Hall–Kier alpha value is -3.13.